The molecule has 0 spiro atoms. The number of nitrogens with zero attached hydrogens (tertiary/aromatic N) is 2. The number of aryl methyl sites for hydroxylation is 2. The normalized spacial score (nSPS) is 16.7. The average molecular weight is 539 g/mol. The summed E-state index contributed by atoms with van der Waals surface area (Å²) >= 11 is 0.893. The number of rotatable bonds is 8. The number of hydrogen-bond donors (Lipinski definition) is 1. The maximum atomic E-state index is 13.8. The fourth-order valence-electron chi connectivity index (χ4n) is 4.20. The van der Waals surface area contributed by atoms with Crippen molar-refractivity contribution >= 4 is 39.9 Å². The van der Waals surface area contributed by atoms with Crippen LogP contribution in [0.15, 0.2) is 48.0 Å². The van der Waals surface area contributed by atoms with Crippen LogP contribution in [0.2, 0.25) is 0 Å². The van der Waals surface area contributed by atoms with Crippen LogP contribution in [0.3, 0.4) is 0 Å². The number of Topliss-reactive ketones (excluding diaryl/α,β-unsaturated/α-hetero) is 1. The number of ether oxygens (including phenoxy) is 2. The molecule has 4 rings (SSSR count). The zero-order valence-corrected chi connectivity index (χ0v) is 22.2. The number of unbranched alkanes of at least 4 members (excludes halogenated alkanes) is 1. The summed E-state index contributed by atoms with van der Waals surface area (Å²) < 4.78 is 24.3. The van der Waals surface area contributed by atoms with Crippen molar-refractivity contribution in [3.63, 3.8) is 0 Å². The number of aliphatic hydroxyl groups excluding tert-OH is 1. The number of aromatic nitrogens is 1. The molecular formula is C28H27FN2O6S. The molecule has 1 amide bonds. The van der Waals surface area contributed by atoms with Gasteiger partial charge in [-0.2, -0.15) is 0 Å². The van der Waals surface area contributed by atoms with Crippen LogP contribution in [0.5, 0.6) is 5.75 Å². The maximum absolute atomic E-state index is 13.8. The number of esters is 1. The van der Waals surface area contributed by atoms with Crippen LogP contribution in [0.4, 0.5) is 9.52 Å². The number of carbonyl (C=O) groups excluding carboxylic acids is 3. The minimum Gasteiger partial charge on any atom is -0.507 e. The lowest BCUT2D eigenvalue weighted by atomic mass is 9.95. The third-order valence-electron chi connectivity index (χ3n) is 6.20. The van der Waals surface area contributed by atoms with Gasteiger partial charge in [0.1, 0.15) is 22.2 Å². The molecule has 1 saturated heterocycles. The topological polar surface area (TPSA) is 106 Å². The molecule has 1 aliphatic heterocycles. The van der Waals surface area contributed by atoms with E-state index in [1.807, 2.05) is 6.92 Å². The Morgan fingerprint density at radius 3 is 2.50 bits per heavy atom. The van der Waals surface area contributed by atoms with Crippen LogP contribution in [0.25, 0.3) is 5.76 Å². The number of carbonyl (C=O) groups is 3. The molecule has 0 aliphatic carbocycles. The number of aliphatic hydroxyl groups is 1. The zero-order valence-electron chi connectivity index (χ0n) is 21.4. The number of benzene rings is 2. The van der Waals surface area contributed by atoms with E-state index in [0.29, 0.717) is 29.2 Å². The molecule has 38 heavy (non-hydrogen) atoms. The summed E-state index contributed by atoms with van der Waals surface area (Å²) in [7, 11) is 1.23. The van der Waals surface area contributed by atoms with Crippen LogP contribution < -0.4 is 9.64 Å². The molecule has 198 valence electrons. The van der Waals surface area contributed by atoms with E-state index in [2.05, 4.69) is 11.9 Å². The van der Waals surface area contributed by atoms with Gasteiger partial charge in [0.05, 0.1) is 31.0 Å². The van der Waals surface area contributed by atoms with Gasteiger partial charge in [-0.15, -0.1) is 0 Å². The molecule has 0 saturated carbocycles. The van der Waals surface area contributed by atoms with Gasteiger partial charge < -0.3 is 14.6 Å². The predicted octanol–water partition coefficient (Wildman–Crippen LogP) is 5.49. The number of hydrogen-bond acceptors (Lipinski definition) is 8. The molecule has 0 bridgehead atoms. The smallest absolute Gasteiger partial charge is 0.350 e. The Hall–Kier alpha value is -4.05. The molecule has 1 fully saturated rings. The van der Waals surface area contributed by atoms with Crippen molar-refractivity contribution in [3.8, 4) is 5.75 Å². The SMILES string of the molecule is CCCCOc1ccc(C(O)=C2C(=O)C(=O)N(c3nc(C)c(C(=O)OC)s3)[C@H]2c2ccc(F)cc2)cc1C. The molecule has 1 N–H and O–H groups in total. The number of amides is 1. The highest BCUT2D eigenvalue weighted by Gasteiger charge is 2.48. The highest BCUT2D eigenvalue weighted by atomic mass is 32.1. The molecule has 10 heteroatoms. The lowest BCUT2D eigenvalue weighted by molar-refractivity contribution is -0.132. The Morgan fingerprint density at radius 1 is 1.16 bits per heavy atom. The van der Waals surface area contributed by atoms with Gasteiger partial charge in [-0.25, -0.2) is 14.2 Å². The average Bonchev–Trinajstić information content (AvgIpc) is 3.41. The van der Waals surface area contributed by atoms with Gasteiger partial charge >= 0.3 is 11.9 Å². The zero-order chi connectivity index (χ0) is 27.6. The van der Waals surface area contributed by atoms with Gasteiger partial charge in [0.15, 0.2) is 5.13 Å². The summed E-state index contributed by atoms with van der Waals surface area (Å²) in [6, 6.07) is 9.16. The lowest BCUT2D eigenvalue weighted by Crippen LogP contribution is -2.29. The first-order valence-corrected chi connectivity index (χ1v) is 12.9. The van der Waals surface area contributed by atoms with Crippen LogP contribution in [-0.2, 0) is 14.3 Å². The molecular weight excluding hydrogens is 511 g/mol. The fraction of sp³-hybridized carbons (Fsp3) is 0.286. The number of ketones is 1. The third-order valence-corrected chi connectivity index (χ3v) is 7.33. The first kappa shape index (κ1) is 27.0. The molecule has 1 aromatic heterocycles. The van der Waals surface area contributed by atoms with Crippen LogP contribution in [0, 0.1) is 19.7 Å². The lowest BCUT2D eigenvalue weighted by Gasteiger charge is -2.23. The van der Waals surface area contributed by atoms with Crippen molar-refractivity contribution < 1.29 is 33.4 Å². The standard InChI is InChI=1S/C28H27FN2O6S/c1-5-6-13-37-20-12-9-18(14-15(20)2)23(32)21-22(17-7-10-19(29)11-8-17)31(26(34)24(21)33)28-30-16(3)25(38-28)27(35)36-4/h7-12,14,22,32H,5-6,13H2,1-4H3/t22-/m0/s1. The van der Waals surface area contributed by atoms with Crippen molar-refractivity contribution in [2.75, 3.05) is 18.6 Å². The molecule has 1 atom stereocenters. The minimum absolute atomic E-state index is 0.0780. The molecule has 0 unspecified atom stereocenters. The highest BCUT2D eigenvalue weighted by Crippen LogP contribution is 2.44. The monoisotopic (exact) mass is 538 g/mol. The van der Waals surface area contributed by atoms with Gasteiger partial charge in [-0.3, -0.25) is 14.5 Å². The van der Waals surface area contributed by atoms with Gasteiger partial charge in [0.2, 0.25) is 0 Å². The van der Waals surface area contributed by atoms with E-state index in [-0.39, 0.29) is 21.3 Å². The second-order valence-electron chi connectivity index (χ2n) is 8.81. The Morgan fingerprint density at radius 2 is 1.87 bits per heavy atom. The highest BCUT2D eigenvalue weighted by molar-refractivity contribution is 7.17. The Kier molecular flexibility index (Phi) is 7.91. The summed E-state index contributed by atoms with van der Waals surface area (Å²) in [4.78, 5) is 44.5. The Labute approximate surface area is 223 Å². The first-order valence-electron chi connectivity index (χ1n) is 12.0. The molecule has 0 radical (unpaired) electrons. The second kappa shape index (κ2) is 11.1. The second-order valence-corrected chi connectivity index (χ2v) is 9.78. The van der Waals surface area contributed by atoms with Gasteiger partial charge in [0, 0.05) is 5.56 Å². The molecule has 3 aromatic rings. The largest absolute Gasteiger partial charge is 0.507 e. The number of anilines is 1. The summed E-state index contributed by atoms with van der Waals surface area (Å²) in [5, 5.41) is 11.4. The summed E-state index contributed by atoms with van der Waals surface area (Å²) in [5.74, 6) is -2.72. The Balaban J connectivity index is 1.84. The van der Waals surface area contributed by atoms with E-state index in [9.17, 15) is 23.9 Å². The molecule has 8 nitrogen and oxygen atoms in total. The number of halogens is 1. The molecule has 2 aromatic carbocycles. The van der Waals surface area contributed by atoms with Crippen LogP contribution >= 0.6 is 11.3 Å². The Bertz CT molecular complexity index is 1430. The van der Waals surface area contributed by atoms with Crippen LogP contribution in [-0.4, -0.2) is 41.5 Å². The molecule has 1 aliphatic rings. The van der Waals surface area contributed by atoms with Crippen molar-refractivity contribution in [1.29, 1.82) is 0 Å². The minimum atomic E-state index is -1.10. The van der Waals surface area contributed by atoms with Crippen molar-refractivity contribution in [2.24, 2.45) is 0 Å². The van der Waals surface area contributed by atoms with Crippen molar-refractivity contribution in [1.82, 2.24) is 4.98 Å². The maximum Gasteiger partial charge on any atom is 0.350 e. The predicted molar refractivity (Wildman–Crippen MR) is 141 cm³/mol. The van der Waals surface area contributed by atoms with E-state index >= 15 is 0 Å². The third kappa shape index (κ3) is 5.04. The van der Waals surface area contributed by atoms with Gasteiger partial charge in [-0.1, -0.05) is 36.8 Å². The van der Waals surface area contributed by atoms with E-state index in [4.69, 9.17) is 9.47 Å². The van der Waals surface area contributed by atoms with E-state index in [1.165, 1.54) is 31.4 Å². The van der Waals surface area contributed by atoms with Crippen molar-refractivity contribution in [2.45, 2.75) is 39.7 Å². The van der Waals surface area contributed by atoms with E-state index in [1.54, 1.807) is 25.1 Å². The summed E-state index contributed by atoms with van der Waals surface area (Å²) in [6.07, 6.45) is 1.89. The summed E-state index contributed by atoms with van der Waals surface area (Å²) in [5.41, 5.74) is 1.60. The van der Waals surface area contributed by atoms with E-state index in [0.717, 1.165) is 34.6 Å². The number of methoxy groups -OCH3 is 1. The number of thiazole rings is 1. The van der Waals surface area contributed by atoms with Gasteiger partial charge in [0.25, 0.3) is 5.78 Å². The van der Waals surface area contributed by atoms with Gasteiger partial charge in [-0.05, 0) is 61.7 Å². The fourth-order valence-corrected chi connectivity index (χ4v) is 5.21. The first-order chi connectivity index (χ1) is 18.2. The van der Waals surface area contributed by atoms with Crippen LogP contribution in [0.1, 0.15) is 57.9 Å². The van der Waals surface area contributed by atoms with Crippen molar-refractivity contribution in [3.05, 3.63) is 81.1 Å². The van der Waals surface area contributed by atoms with E-state index < -0.39 is 29.5 Å². The summed E-state index contributed by atoms with van der Waals surface area (Å²) in [6.45, 7) is 6.02. The molecule has 2 heterocycles. The quantitative estimate of drug-likeness (QED) is 0.133.